The molecule has 0 atom stereocenters. The molecule has 0 bridgehead atoms. The molecule has 0 spiro atoms. The molecule has 0 amide bonds. The second kappa shape index (κ2) is 7.21. The SMILES string of the molecule is CCN(Cc1csc(CS(C)(=O)=O)n1)c1cccc(CO)c1. The number of sulfone groups is 1. The van der Waals surface area contributed by atoms with Gasteiger partial charge in [-0.3, -0.25) is 0 Å². The molecule has 1 aromatic heterocycles. The summed E-state index contributed by atoms with van der Waals surface area (Å²) in [6, 6.07) is 7.74. The Kier molecular flexibility index (Phi) is 5.55. The van der Waals surface area contributed by atoms with Crippen molar-refractivity contribution < 1.29 is 13.5 Å². The maximum atomic E-state index is 11.3. The van der Waals surface area contributed by atoms with Gasteiger partial charge < -0.3 is 10.0 Å². The van der Waals surface area contributed by atoms with Crippen LogP contribution in [0.5, 0.6) is 0 Å². The van der Waals surface area contributed by atoms with Gasteiger partial charge in [0.25, 0.3) is 0 Å². The summed E-state index contributed by atoms with van der Waals surface area (Å²) in [6.07, 6.45) is 1.22. The number of benzene rings is 1. The quantitative estimate of drug-likeness (QED) is 0.837. The number of aliphatic hydroxyl groups excluding tert-OH is 1. The van der Waals surface area contributed by atoms with Gasteiger partial charge in [0, 0.05) is 23.9 Å². The van der Waals surface area contributed by atoms with Crippen LogP contribution in [0.2, 0.25) is 0 Å². The highest BCUT2D eigenvalue weighted by Crippen LogP contribution is 2.20. The molecule has 0 saturated heterocycles. The summed E-state index contributed by atoms with van der Waals surface area (Å²) in [5, 5.41) is 11.8. The van der Waals surface area contributed by atoms with Gasteiger partial charge in [0.15, 0.2) is 9.84 Å². The summed E-state index contributed by atoms with van der Waals surface area (Å²) in [5.74, 6) is -0.0101. The fourth-order valence-electron chi connectivity index (χ4n) is 2.14. The van der Waals surface area contributed by atoms with Gasteiger partial charge in [-0.15, -0.1) is 11.3 Å². The molecule has 0 saturated carbocycles. The Hall–Kier alpha value is -1.44. The molecule has 1 aromatic carbocycles. The van der Waals surface area contributed by atoms with Gasteiger partial charge in [-0.05, 0) is 24.6 Å². The summed E-state index contributed by atoms with van der Waals surface area (Å²) in [5.41, 5.74) is 2.75. The number of hydrogen-bond donors (Lipinski definition) is 1. The Bertz CT molecular complexity index is 726. The number of rotatable bonds is 7. The van der Waals surface area contributed by atoms with Gasteiger partial charge in [-0.2, -0.15) is 0 Å². The maximum absolute atomic E-state index is 11.3. The minimum Gasteiger partial charge on any atom is -0.392 e. The minimum atomic E-state index is -3.05. The normalized spacial score (nSPS) is 11.6. The van der Waals surface area contributed by atoms with E-state index in [2.05, 4.69) is 16.8 Å². The Labute approximate surface area is 135 Å². The number of hydrogen-bond acceptors (Lipinski definition) is 6. The molecule has 5 nitrogen and oxygen atoms in total. The molecule has 1 heterocycles. The predicted octanol–water partition coefficient (Wildman–Crippen LogP) is 2.21. The first-order valence-electron chi connectivity index (χ1n) is 6.97. The Balaban J connectivity index is 2.13. The molecule has 2 rings (SSSR count). The van der Waals surface area contributed by atoms with Crippen molar-refractivity contribution in [1.82, 2.24) is 4.98 Å². The van der Waals surface area contributed by atoms with E-state index in [1.807, 2.05) is 29.6 Å². The topological polar surface area (TPSA) is 70.5 Å². The second-order valence-corrected chi connectivity index (χ2v) is 8.23. The summed E-state index contributed by atoms with van der Waals surface area (Å²) in [4.78, 5) is 6.54. The first-order chi connectivity index (χ1) is 10.4. The van der Waals surface area contributed by atoms with E-state index < -0.39 is 9.84 Å². The van der Waals surface area contributed by atoms with Gasteiger partial charge >= 0.3 is 0 Å². The van der Waals surface area contributed by atoms with Gasteiger partial charge in [0.05, 0.1) is 18.8 Å². The summed E-state index contributed by atoms with van der Waals surface area (Å²) in [7, 11) is -3.05. The highest BCUT2D eigenvalue weighted by molar-refractivity contribution is 7.90. The van der Waals surface area contributed by atoms with Crippen molar-refractivity contribution in [3.8, 4) is 0 Å². The van der Waals surface area contributed by atoms with Crippen molar-refractivity contribution >= 4 is 26.9 Å². The average Bonchev–Trinajstić information content (AvgIpc) is 2.89. The van der Waals surface area contributed by atoms with Crippen LogP contribution in [0.25, 0.3) is 0 Å². The number of anilines is 1. The summed E-state index contributed by atoms with van der Waals surface area (Å²) >= 11 is 1.37. The van der Waals surface area contributed by atoms with E-state index in [1.54, 1.807) is 0 Å². The first-order valence-corrected chi connectivity index (χ1v) is 9.91. The molecule has 0 unspecified atom stereocenters. The van der Waals surface area contributed by atoms with Gasteiger partial charge in [0.2, 0.25) is 0 Å². The third kappa shape index (κ3) is 4.79. The van der Waals surface area contributed by atoms with E-state index in [4.69, 9.17) is 0 Å². The number of aromatic nitrogens is 1. The summed E-state index contributed by atoms with van der Waals surface area (Å²) < 4.78 is 22.6. The zero-order chi connectivity index (χ0) is 16.2. The predicted molar refractivity (Wildman–Crippen MR) is 89.8 cm³/mol. The summed E-state index contributed by atoms with van der Waals surface area (Å²) in [6.45, 7) is 3.48. The van der Waals surface area contributed by atoms with Gasteiger partial charge in [0.1, 0.15) is 10.8 Å². The van der Waals surface area contributed by atoms with E-state index in [9.17, 15) is 13.5 Å². The van der Waals surface area contributed by atoms with Crippen LogP contribution in [0.1, 0.15) is 23.2 Å². The molecule has 0 radical (unpaired) electrons. The van der Waals surface area contributed by atoms with Crippen molar-refractivity contribution in [2.24, 2.45) is 0 Å². The third-order valence-corrected chi connectivity index (χ3v) is 5.06. The first kappa shape index (κ1) is 16.9. The average molecular weight is 340 g/mol. The molecule has 0 aliphatic carbocycles. The van der Waals surface area contributed by atoms with E-state index in [0.29, 0.717) is 11.6 Å². The Morgan fingerprint density at radius 2 is 2.14 bits per heavy atom. The Morgan fingerprint density at radius 1 is 1.36 bits per heavy atom. The fourth-order valence-corrected chi connectivity index (χ4v) is 4.14. The molecule has 1 N–H and O–H groups in total. The van der Waals surface area contributed by atoms with E-state index in [1.165, 1.54) is 17.6 Å². The van der Waals surface area contributed by atoms with Crippen LogP contribution in [0.3, 0.4) is 0 Å². The van der Waals surface area contributed by atoms with Crippen LogP contribution in [0.4, 0.5) is 5.69 Å². The minimum absolute atomic E-state index is 0.0101. The number of aliphatic hydroxyl groups is 1. The highest BCUT2D eigenvalue weighted by Gasteiger charge is 2.12. The zero-order valence-corrected chi connectivity index (χ0v) is 14.3. The lowest BCUT2D eigenvalue weighted by Crippen LogP contribution is -2.22. The van der Waals surface area contributed by atoms with E-state index in [-0.39, 0.29) is 12.4 Å². The molecule has 0 aliphatic heterocycles. The lowest BCUT2D eigenvalue weighted by molar-refractivity contribution is 0.282. The van der Waals surface area contributed by atoms with Crippen LogP contribution in [0, 0.1) is 0 Å². The molecule has 0 aliphatic rings. The Morgan fingerprint density at radius 3 is 2.77 bits per heavy atom. The van der Waals surface area contributed by atoms with Crippen LogP contribution >= 0.6 is 11.3 Å². The van der Waals surface area contributed by atoms with Crippen molar-refractivity contribution in [3.63, 3.8) is 0 Å². The van der Waals surface area contributed by atoms with Crippen molar-refractivity contribution in [3.05, 3.63) is 45.9 Å². The second-order valence-electron chi connectivity index (χ2n) is 5.14. The van der Waals surface area contributed by atoms with Crippen molar-refractivity contribution in [2.75, 3.05) is 17.7 Å². The largest absolute Gasteiger partial charge is 0.392 e. The lowest BCUT2D eigenvalue weighted by atomic mass is 10.2. The maximum Gasteiger partial charge on any atom is 0.153 e. The van der Waals surface area contributed by atoms with Gasteiger partial charge in [-0.25, -0.2) is 13.4 Å². The van der Waals surface area contributed by atoms with Crippen molar-refractivity contribution in [1.29, 1.82) is 0 Å². The molecular formula is C15H20N2O3S2. The monoisotopic (exact) mass is 340 g/mol. The van der Waals surface area contributed by atoms with Crippen molar-refractivity contribution in [2.45, 2.75) is 25.8 Å². The molecule has 2 aromatic rings. The van der Waals surface area contributed by atoms with E-state index >= 15 is 0 Å². The smallest absolute Gasteiger partial charge is 0.153 e. The molecule has 7 heteroatoms. The molecular weight excluding hydrogens is 320 g/mol. The number of nitrogens with zero attached hydrogens (tertiary/aromatic N) is 2. The lowest BCUT2D eigenvalue weighted by Gasteiger charge is -2.22. The van der Waals surface area contributed by atoms with Gasteiger partial charge in [-0.1, -0.05) is 12.1 Å². The third-order valence-electron chi connectivity index (χ3n) is 3.18. The molecule has 22 heavy (non-hydrogen) atoms. The molecule has 120 valence electrons. The zero-order valence-electron chi connectivity index (χ0n) is 12.7. The standard InChI is InChI=1S/C15H20N2O3S2/c1-3-17(14-6-4-5-12(7-14)9-18)8-13-10-21-15(16-13)11-22(2,19)20/h4-7,10,18H,3,8-9,11H2,1-2H3. The fraction of sp³-hybridized carbons (Fsp3) is 0.400. The van der Waals surface area contributed by atoms with Crippen LogP contribution in [-0.2, 0) is 28.7 Å². The van der Waals surface area contributed by atoms with Crippen LogP contribution in [0.15, 0.2) is 29.6 Å². The number of thiazole rings is 1. The van der Waals surface area contributed by atoms with E-state index in [0.717, 1.165) is 23.5 Å². The highest BCUT2D eigenvalue weighted by atomic mass is 32.2. The van der Waals surface area contributed by atoms with Crippen LogP contribution < -0.4 is 4.90 Å². The molecule has 0 fully saturated rings. The van der Waals surface area contributed by atoms with Crippen LogP contribution in [-0.4, -0.2) is 31.3 Å².